The predicted molar refractivity (Wildman–Crippen MR) is 86.2 cm³/mol. The summed E-state index contributed by atoms with van der Waals surface area (Å²) in [6, 6.07) is 13.3. The summed E-state index contributed by atoms with van der Waals surface area (Å²) >= 11 is 0. The maximum Gasteiger partial charge on any atom is 0.254 e. The average molecular weight is 313 g/mol. The minimum absolute atomic E-state index is 0.0934. The summed E-state index contributed by atoms with van der Waals surface area (Å²) in [4.78, 5) is 14.3. The maximum absolute atomic E-state index is 12.7. The van der Waals surface area contributed by atoms with Gasteiger partial charge in [-0.1, -0.05) is 30.3 Å². The number of nitrogens with zero attached hydrogens (tertiary/aromatic N) is 1. The lowest BCUT2D eigenvalue weighted by Gasteiger charge is -2.23. The molecular formula is C18H19NO4. The minimum Gasteiger partial charge on any atom is -0.493 e. The number of rotatable bonds is 4. The van der Waals surface area contributed by atoms with Crippen LogP contribution in [0.2, 0.25) is 0 Å². The quantitative estimate of drug-likeness (QED) is 0.871. The average Bonchev–Trinajstić information content (AvgIpc) is 2.60. The van der Waals surface area contributed by atoms with Gasteiger partial charge in [-0.2, -0.15) is 0 Å². The minimum atomic E-state index is -0.0934. The van der Waals surface area contributed by atoms with E-state index in [0.717, 1.165) is 5.56 Å². The van der Waals surface area contributed by atoms with Crippen LogP contribution in [0.1, 0.15) is 15.9 Å². The number of carbonyl (C=O) groups is 1. The molecule has 0 aliphatic carbocycles. The highest BCUT2D eigenvalue weighted by molar-refractivity contribution is 5.95. The van der Waals surface area contributed by atoms with E-state index in [4.69, 9.17) is 14.2 Å². The zero-order chi connectivity index (χ0) is 16.2. The molecule has 0 N–H and O–H groups in total. The van der Waals surface area contributed by atoms with Crippen molar-refractivity contribution in [2.24, 2.45) is 0 Å². The highest BCUT2D eigenvalue weighted by Crippen LogP contribution is 2.40. The normalized spacial score (nSPS) is 12.6. The maximum atomic E-state index is 12.7. The fourth-order valence-electron chi connectivity index (χ4n) is 2.55. The van der Waals surface area contributed by atoms with E-state index in [0.29, 0.717) is 42.6 Å². The van der Waals surface area contributed by atoms with Crippen molar-refractivity contribution in [1.82, 2.24) is 4.90 Å². The molecule has 0 bridgehead atoms. The van der Waals surface area contributed by atoms with Crippen molar-refractivity contribution >= 4 is 5.91 Å². The Morgan fingerprint density at radius 3 is 2.65 bits per heavy atom. The van der Waals surface area contributed by atoms with Crippen LogP contribution in [-0.4, -0.2) is 38.2 Å². The number of benzene rings is 2. The predicted octanol–water partition coefficient (Wildman–Crippen LogP) is 2.74. The molecule has 0 spiro atoms. The van der Waals surface area contributed by atoms with Crippen molar-refractivity contribution in [2.75, 3.05) is 27.4 Å². The molecule has 0 saturated carbocycles. The highest BCUT2D eigenvalue weighted by atomic mass is 16.6. The molecule has 5 nitrogen and oxygen atoms in total. The van der Waals surface area contributed by atoms with Gasteiger partial charge in [0, 0.05) is 19.2 Å². The Morgan fingerprint density at radius 2 is 1.91 bits per heavy atom. The van der Waals surface area contributed by atoms with Crippen molar-refractivity contribution in [2.45, 2.75) is 6.54 Å². The van der Waals surface area contributed by atoms with E-state index in [2.05, 4.69) is 0 Å². The van der Waals surface area contributed by atoms with E-state index < -0.39 is 0 Å². The molecule has 0 radical (unpaired) electrons. The lowest BCUT2D eigenvalue weighted by atomic mass is 10.1. The molecule has 3 rings (SSSR count). The largest absolute Gasteiger partial charge is 0.493 e. The van der Waals surface area contributed by atoms with E-state index >= 15 is 0 Å². The molecule has 1 heterocycles. The van der Waals surface area contributed by atoms with Crippen LogP contribution >= 0.6 is 0 Å². The first-order valence-electron chi connectivity index (χ1n) is 7.46. The molecule has 5 heteroatoms. The number of ether oxygens (including phenoxy) is 3. The van der Waals surface area contributed by atoms with Gasteiger partial charge in [-0.25, -0.2) is 0 Å². The van der Waals surface area contributed by atoms with Crippen molar-refractivity contribution in [1.29, 1.82) is 0 Å². The Morgan fingerprint density at radius 1 is 1.17 bits per heavy atom. The van der Waals surface area contributed by atoms with Crippen LogP contribution in [0.5, 0.6) is 17.2 Å². The Labute approximate surface area is 135 Å². The monoisotopic (exact) mass is 313 g/mol. The number of fused-ring (bicyclic) bond motifs is 1. The third-order valence-electron chi connectivity index (χ3n) is 3.68. The lowest BCUT2D eigenvalue weighted by Crippen LogP contribution is -2.26. The number of hydrogen-bond donors (Lipinski definition) is 0. The van der Waals surface area contributed by atoms with Gasteiger partial charge >= 0.3 is 0 Å². The molecule has 0 atom stereocenters. The van der Waals surface area contributed by atoms with Crippen molar-refractivity contribution in [3.8, 4) is 17.2 Å². The zero-order valence-corrected chi connectivity index (χ0v) is 13.2. The fourth-order valence-corrected chi connectivity index (χ4v) is 2.55. The highest BCUT2D eigenvalue weighted by Gasteiger charge is 2.22. The first kappa shape index (κ1) is 15.2. The van der Waals surface area contributed by atoms with Gasteiger partial charge in [0.05, 0.1) is 7.11 Å². The van der Waals surface area contributed by atoms with E-state index in [1.54, 1.807) is 31.2 Å². The summed E-state index contributed by atoms with van der Waals surface area (Å²) in [7, 11) is 3.33. The molecule has 2 aromatic carbocycles. The second-order valence-corrected chi connectivity index (χ2v) is 5.35. The van der Waals surface area contributed by atoms with Gasteiger partial charge < -0.3 is 19.1 Å². The van der Waals surface area contributed by atoms with Gasteiger partial charge in [0.1, 0.15) is 13.2 Å². The Bertz CT molecular complexity index is 682. The van der Waals surface area contributed by atoms with E-state index in [-0.39, 0.29) is 5.91 Å². The number of methoxy groups -OCH3 is 1. The molecule has 1 aliphatic heterocycles. The molecule has 1 aliphatic rings. The number of amides is 1. The molecule has 0 saturated heterocycles. The van der Waals surface area contributed by atoms with Crippen molar-refractivity contribution in [3.05, 3.63) is 53.6 Å². The topological polar surface area (TPSA) is 48.0 Å². The number of hydrogen-bond acceptors (Lipinski definition) is 4. The van der Waals surface area contributed by atoms with Crippen molar-refractivity contribution < 1.29 is 19.0 Å². The van der Waals surface area contributed by atoms with Crippen molar-refractivity contribution in [3.63, 3.8) is 0 Å². The Hall–Kier alpha value is -2.69. The first-order chi connectivity index (χ1) is 11.2. The third-order valence-corrected chi connectivity index (χ3v) is 3.68. The van der Waals surface area contributed by atoms with Gasteiger partial charge in [0.25, 0.3) is 5.91 Å². The first-order valence-corrected chi connectivity index (χ1v) is 7.46. The smallest absolute Gasteiger partial charge is 0.254 e. The molecule has 23 heavy (non-hydrogen) atoms. The van der Waals surface area contributed by atoms with Crippen LogP contribution in [0.3, 0.4) is 0 Å². The summed E-state index contributed by atoms with van der Waals surface area (Å²) in [6.07, 6.45) is 0. The molecule has 0 unspecified atom stereocenters. The van der Waals surface area contributed by atoms with Gasteiger partial charge in [-0.15, -0.1) is 0 Å². The molecule has 2 aromatic rings. The van der Waals surface area contributed by atoms with E-state index in [1.807, 2.05) is 30.3 Å². The zero-order valence-electron chi connectivity index (χ0n) is 13.2. The summed E-state index contributed by atoms with van der Waals surface area (Å²) in [5.74, 6) is 1.52. The Balaban J connectivity index is 1.84. The summed E-state index contributed by atoms with van der Waals surface area (Å²) in [5, 5.41) is 0. The van der Waals surface area contributed by atoms with Gasteiger partial charge in [0.2, 0.25) is 5.75 Å². The standard InChI is InChI=1S/C18H19NO4/c1-19(12-13-6-4-3-5-7-13)18(20)14-10-15(21-2)17-16(11-14)22-8-9-23-17/h3-7,10-11H,8-9,12H2,1-2H3. The van der Waals surface area contributed by atoms with Crippen LogP contribution < -0.4 is 14.2 Å². The molecule has 120 valence electrons. The molecule has 0 fully saturated rings. The summed E-state index contributed by atoms with van der Waals surface area (Å²) in [5.41, 5.74) is 1.59. The second-order valence-electron chi connectivity index (χ2n) is 5.35. The van der Waals surface area contributed by atoms with Gasteiger partial charge in [-0.05, 0) is 17.7 Å². The Kier molecular flexibility index (Phi) is 4.37. The molecule has 0 aromatic heterocycles. The lowest BCUT2D eigenvalue weighted by molar-refractivity contribution is 0.0783. The van der Waals surface area contributed by atoms with E-state index in [1.165, 1.54) is 0 Å². The summed E-state index contributed by atoms with van der Waals surface area (Å²) in [6.45, 7) is 1.48. The van der Waals surface area contributed by atoms with Crippen LogP contribution in [0.4, 0.5) is 0 Å². The SMILES string of the molecule is COc1cc(C(=O)N(C)Cc2ccccc2)cc2c1OCCO2. The summed E-state index contributed by atoms with van der Waals surface area (Å²) < 4.78 is 16.5. The van der Waals surface area contributed by atoms with Crippen LogP contribution in [0.15, 0.2) is 42.5 Å². The van der Waals surface area contributed by atoms with Gasteiger partial charge in [0.15, 0.2) is 11.5 Å². The second kappa shape index (κ2) is 6.60. The van der Waals surface area contributed by atoms with Crippen LogP contribution in [-0.2, 0) is 6.54 Å². The van der Waals surface area contributed by atoms with Crippen LogP contribution in [0, 0.1) is 0 Å². The molecule has 1 amide bonds. The number of carbonyl (C=O) groups excluding carboxylic acids is 1. The fraction of sp³-hybridized carbons (Fsp3) is 0.278. The van der Waals surface area contributed by atoms with Crippen LogP contribution in [0.25, 0.3) is 0 Å². The third kappa shape index (κ3) is 3.23. The van der Waals surface area contributed by atoms with Gasteiger partial charge in [-0.3, -0.25) is 4.79 Å². The van der Waals surface area contributed by atoms with E-state index in [9.17, 15) is 4.79 Å². The molecular weight excluding hydrogens is 294 g/mol.